The second kappa shape index (κ2) is 5.43. The number of nitrogens with zero attached hydrogens (tertiary/aromatic N) is 3. The second-order valence-corrected chi connectivity index (χ2v) is 5.04. The molecule has 0 amide bonds. The van der Waals surface area contributed by atoms with Gasteiger partial charge >= 0.3 is 0 Å². The van der Waals surface area contributed by atoms with E-state index in [0.717, 1.165) is 30.1 Å². The third-order valence-corrected chi connectivity index (χ3v) is 3.43. The van der Waals surface area contributed by atoms with Crippen molar-refractivity contribution in [2.45, 2.75) is 20.0 Å². The van der Waals surface area contributed by atoms with Crippen LogP contribution in [0, 0.1) is 6.92 Å². The van der Waals surface area contributed by atoms with Gasteiger partial charge in [-0.25, -0.2) is 4.98 Å². The Labute approximate surface area is 118 Å². The minimum absolute atomic E-state index is 0.772. The van der Waals surface area contributed by atoms with E-state index in [2.05, 4.69) is 39.6 Å². The summed E-state index contributed by atoms with van der Waals surface area (Å²) in [6.07, 6.45) is 3.78. The Kier molecular flexibility index (Phi) is 3.48. The molecule has 0 aliphatic carbocycles. The van der Waals surface area contributed by atoms with Crippen LogP contribution in [0.25, 0.3) is 10.9 Å². The topological polar surface area (TPSA) is 42.7 Å². The largest absolute Gasteiger partial charge is 0.337 e. The minimum Gasteiger partial charge on any atom is -0.337 e. The van der Waals surface area contributed by atoms with Crippen molar-refractivity contribution >= 4 is 10.9 Å². The van der Waals surface area contributed by atoms with E-state index in [1.54, 1.807) is 0 Å². The van der Waals surface area contributed by atoms with E-state index in [1.165, 1.54) is 10.9 Å². The molecule has 20 heavy (non-hydrogen) atoms. The highest BCUT2D eigenvalue weighted by Gasteiger charge is 2.00. The minimum atomic E-state index is 0.772. The SMILES string of the molecule is Cc1ccc2cc(CNCc3nccn3C)ccc2n1. The molecule has 0 unspecified atom stereocenters. The van der Waals surface area contributed by atoms with Crippen LogP contribution in [-0.4, -0.2) is 14.5 Å². The summed E-state index contributed by atoms with van der Waals surface area (Å²) in [5.41, 5.74) is 3.37. The monoisotopic (exact) mass is 266 g/mol. The molecular formula is C16H18N4. The van der Waals surface area contributed by atoms with Crippen molar-refractivity contribution in [3.05, 3.63) is 59.8 Å². The molecular weight excluding hydrogens is 248 g/mol. The summed E-state index contributed by atoms with van der Waals surface area (Å²) in [5, 5.41) is 4.60. The summed E-state index contributed by atoms with van der Waals surface area (Å²) in [4.78, 5) is 8.81. The molecule has 0 bridgehead atoms. The number of hydrogen-bond acceptors (Lipinski definition) is 3. The fraction of sp³-hybridized carbons (Fsp3) is 0.250. The predicted molar refractivity (Wildman–Crippen MR) is 80.2 cm³/mol. The van der Waals surface area contributed by atoms with Gasteiger partial charge in [-0.1, -0.05) is 12.1 Å². The number of hydrogen-bond donors (Lipinski definition) is 1. The quantitative estimate of drug-likeness (QED) is 0.789. The molecule has 102 valence electrons. The van der Waals surface area contributed by atoms with Crippen LogP contribution in [0.2, 0.25) is 0 Å². The lowest BCUT2D eigenvalue weighted by atomic mass is 10.1. The lowest BCUT2D eigenvalue weighted by molar-refractivity contribution is 0.639. The van der Waals surface area contributed by atoms with Gasteiger partial charge in [-0.2, -0.15) is 0 Å². The molecule has 0 saturated heterocycles. The molecule has 1 N–H and O–H groups in total. The van der Waals surface area contributed by atoms with Crippen LogP contribution in [-0.2, 0) is 20.1 Å². The smallest absolute Gasteiger partial charge is 0.122 e. The average molecular weight is 266 g/mol. The van der Waals surface area contributed by atoms with Crippen LogP contribution in [0.15, 0.2) is 42.7 Å². The zero-order valence-electron chi connectivity index (χ0n) is 11.8. The second-order valence-electron chi connectivity index (χ2n) is 5.04. The van der Waals surface area contributed by atoms with Crippen molar-refractivity contribution in [1.29, 1.82) is 0 Å². The molecule has 0 spiro atoms. The first-order valence-electron chi connectivity index (χ1n) is 6.75. The molecule has 1 aromatic carbocycles. The molecule has 0 saturated carbocycles. The standard InChI is InChI=1S/C16H18N4/c1-12-3-5-14-9-13(4-6-15(14)19-12)10-17-11-16-18-7-8-20(16)2/h3-9,17H,10-11H2,1-2H3. The van der Waals surface area contributed by atoms with Crippen molar-refractivity contribution in [2.75, 3.05) is 0 Å². The summed E-state index contributed by atoms with van der Waals surface area (Å²) in [6, 6.07) is 10.6. The summed E-state index contributed by atoms with van der Waals surface area (Å²) in [6.45, 7) is 3.62. The van der Waals surface area contributed by atoms with Gasteiger partial charge in [0.05, 0.1) is 12.1 Å². The van der Waals surface area contributed by atoms with E-state index < -0.39 is 0 Å². The maximum Gasteiger partial charge on any atom is 0.122 e. The van der Waals surface area contributed by atoms with Crippen molar-refractivity contribution < 1.29 is 0 Å². The van der Waals surface area contributed by atoms with Crippen molar-refractivity contribution in [3.63, 3.8) is 0 Å². The lowest BCUT2D eigenvalue weighted by Gasteiger charge is -2.06. The highest BCUT2D eigenvalue weighted by molar-refractivity contribution is 5.79. The van der Waals surface area contributed by atoms with Gasteiger partial charge in [0.15, 0.2) is 0 Å². The molecule has 3 aromatic rings. The maximum absolute atomic E-state index is 4.52. The molecule has 0 aliphatic rings. The highest BCUT2D eigenvalue weighted by atomic mass is 15.1. The van der Waals surface area contributed by atoms with E-state index in [4.69, 9.17) is 0 Å². The van der Waals surface area contributed by atoms with Crippen molar-refractivity contribution in [1.82, 2.24) is 19.9 Å². The van der Waals surface area contributed by atoms with Gasteiger partial charge in [0.2, 0.25) is 0 Å². The van der Waals surface area contributed by atoms with E-state index in [9.17, 15) is 0 Å². The molecule has 4 heteroatoms. The molecule has 3 rings (SSSR count). The molecule has 0 fully saturated rings. The third kappa shape index (κ3) is 2.70. The summed E-state index contributed by atoms with van der Waals surface area (Å²) in [7, 11) is 2.01. The zero-order valence-corrected chi connectivity index (χ0v) is 11.8. The molecule has 4 nitrogen and oxygen atoms in total. The third-order valence-electron chi connectivity index (χ3n) is 3.43. The molecule has 0 aliphatic heterocycles. The van der Waals surface area contributed by atoms with Crippen LogP contribution in [0.3, 0.4) is 0 Å². The van der Waals surface area contributed by atoms with Gasteiger partial charge in [-0.3, -0.25) is 4.98 Å². The lowest BCUT2D eigenvalue weighted by Crippen LogP contribution is -2.15. The van der Waals surface area contributed by atoms with E-state index >= 15 is 0 Å². The van der Waals surface area contributed by atoms with Crippen LogP contribution >= 0.6 is 0 Å². The van der Waals surface area contributed by atoms with Crippen LogP contribution in [0.1, 0.15) is 17.1 Å². The van der Waals surface area contributed by atoms with Gasteiger partial charge in [0.1, 0.15) is 5.82 Å². The number of benzene rings is 1. The van der Waals surface area contributed by atoms with Crippen molar-refractivity contribution in [2.24, 2.45) is 7.05 Å². The number of nitrogens with one attached hydrogen (secondary N) is 1. The van der Waals surface area contributed by atoms with Crippen LogP contribution in [0.5, 0.6) is 0 Å². The first kappa shape index (κ1) is 12.8. The Morgan fingerprint density at radius 2 is 2.05 bits per heavy atom. The van der Waals surface area contributed by atoms with Gasteiger partial charge in [0.25, 0.3) is 0 Å². The van der Waals surface area contributed by atoms with Gasteiger partial charge < -0.3 is 9.88 Å². The van der Waals surface area contributed by atoms with E-state index in [1.807, 2.05) is 37.0 Å². The summed E-state index contributed by atoms with van der Waals surface area (Å²) < 4.78 is 2.03. The van der Waals surface area contributed by atoms with Gasteiger partial charge in [0, 0.05) is 37.1 Å². The van der Waals surface area contributed by atoms with Crippen LogP contribution < -0.4 is 5.32 Å². The number of rotatable bonds is 4. The van der Waals surface area contributed by atoms with Gasteiger partial charge in [-0.05, 0) is 30.7 Å². The predicted octanol–water partition coefficient (Wildman–Crippen LogP) is 2.57. The Morgan fingerprint density at radius 1 is 1.15 bits per heavy atom. The Balaban J connectivity index is 1.68. The number of aromatic nitrogens is 3. The Hall–Kier alpha value is -2.20. The first-order chi connectivity index (χ1) is 9.72. The van der Waals surface area contributed by atoms with E-state index in [-0.39, 0.29) is 0 Å². The Bertz CT molecular complexity index is 730. The summed E-state index contributed by atoms with van der Waals surface area (Å²) >= 11 is 0. The highest BCUT2D eigenvalue weighted by Crippen LogP contribution is 2.14. The number of aryl methyl sites for hydroxylation is 2. The number of pyridine rings is 1. The number of imidazole rings is 1. The normalized spacial score (nSPS) is 11.1. The Morgan fingerprint density at radius 3 is 2.85 bits per heavy atom. The number of fused-ring (bicyclic) bond motifs is 1. The maximum atomic E-state index is 4.52. The fourth-order valence-electron chi connectivity index (χ4n) is 2.27. The molecule has 0 atom stereocenters. The summed E-state index contributed by atoms with van der Waals surface area (Å²) in [5.74, 6) is 1.04. The van der Waals surface area contributed by atoms with E-state index in [0.29, 0.717) is 0 Å². The van der Waals surface area contributed by atoms with Crippen molar-refractivity contribution in [3.8, 4) is 0 Å². The average Bonchev–Trinajstić information content (AvgIpc) is 2.85. The van der Waals surface area contributed by atoms with Crippen LogP contribution in [0.4, 0.5) is 0 Å². The van der Waals surface area contributed by atoms with Gasteiger partial charge in [-0.15, -0.1) is 0 Å². The zero-order chi connectivity index (χ0) is 13.9. The molecule has 2 aromatic heterocycles. The first-order valence-corrected chi connectivity index (χ1v) is 6.75. The molecule has 0 radical (unpaired) electrons. The molecule has 2 heterocycles. The fourth-order valence-corrected chi connectivity index (χ4v) is 2.27.